The number of nitrogens with zero attached hydrogens (tertiary/aromatic N) is 1. The molecule has 0 amide bonds. The summed E-state index contributed by atoms with van der Waals surface area (Å²) in [5, 5.41) is 2.50. The van der Waals surface area contributed by atoms with Crippen LogP contribution in [0.25, 0.3) is 16.3 Å². The minimum Gasteiger partial charge on any atom is -0.256 e. The molecule has 0 radical (unpaired) electrons. The van der Waals surface area contributed by atoms with E-state index in [0.29, 0.717) is 11.3 Å². The van der Waals surface area contributed by atoms with Crippen molar-refractivity contribution in [1.29, 1.82) is 0 Å². The van der Waals surface area contributed by atoms with E-state index in [1.807, 2.05) is 6.20 Å². The van der Waals surface area contributed by atoms with E-state index in [0.717, 1.165) is 24.5 Å². The van der Waals surface area contributed by atoms with Gasteiger partial charge in [0.15, 0.2) is 0 Å². The molecule has 2 aliphatic carbocycles. The number of hydrogen-bond donors (Lipinski definition) is 0. The second-order valence-electron chi connectivity index (χ2n) is 7.73. The summed E-state index contributed by atoms with van der Waals surface area (Å²) < 4.78 is 0. The van der Waals surface area contributed by atoms with Gasteiger partial charge in [-0.1, -0.05) is 62.4 Å². The molecule has 3 unspecified atom stereocenters. The number of pyridine rings is 1. The topological polar surface area (TPSA) is 12.9 Å². The zero-order valence-corrected chi connectivity index (χ0v) is 15.5. The van der Waals surface area contributed by atoms with E-state index in [4.69, 9.17) is 4.98 Å². The van der Waals surface area contributed by atoms with Gasteiger partial charge in [-0.2, -0.15) is 0 Å². The fraction of sp³-hybridized carbons (Fsp3) is 0.375. The summed E-state index contributed by atoms with van der Waals surface area (Å²) in [5.41, 5.74) is 4.32. The normalized spacial score (nSPS) is 28.9. The first-order valence-electron chi connectivity index (χ1n) is 9.56. The maximum Gasteiger partial charge on any atom is 0.0673 e. The molecular formula is C24H27N. The summed E-state index contributed by atoms with van der Waals surface area (Å²) in [4.78, 5) is 4.86. The van der Waals surface area contributed by atoms with Crippen molar-refractivity contribution in [3.8, 4) is 0 Å². The van der Waals surface area contributed by atoms with Gasteiger partial charge in [-0.05, 0) is 66.0 Å². The average molecular weight is 329 g/mol. The third-order valence-electron chi connectivity index (χ3n) is 6.15. The monoisotopic (exact) mass is 329 g/mol. The van der Waals surface area contributed by atoms with E-state index < -0.39 is 0 Å². The van der Waals surface area contributed by atoms with Crippen LogP contribution in [0, 0.1) is 17.3 Å². The summed E-state index contributed by atoms with van der Waals surface area (Å²) >= 11 is 0. The zero-order chi connectivity index (χ0) is 17.4. The lowest BCUT2D eigenvalue weighted by Crippen LogP contribution is -2.20. The largest absolute Gasteiger partial charge is 0.256 e. The number of aromatic nitrogens is 1. The van der Waals surface area contributed by atoms with Gasteiger partial charge in [0, 0.05) is 11.6 Å². The van der Waals surface area contributed by atoms with Gasteiger partial charge in [-0.3, -0.25) is 4.98 Å². The van der Waals surface area contributed by atoms with E-state index >= 15 is 0 Å². The quantitative estimate of drug-likeness (QED) is 0.578. The molecular weight excluding hydrogens is 302 g/mol. The van der Waals surface area contributed by atoms with Crippen molar-refractivity contribution in [2.24, 2.45) is 17.3 Å². The Hall–Kier alpha value is -2.15. The molecule has 1 fully saturated rings. The van der Waals surface area contributed by atoms with Crippen molar-refractivity contribution in [3.63, 3.8) is 0 Å². The van der Waals surface area contributed by atoms with Crippen LogP contribution in [0.1, 0.15) is 45.7 Å². The first-order chi connectivity index (χ1) is 12.2. The maximum atomic E-state index is 4.86. The summed E-state index contributed by atoms with van der Waals surface area (Å²) in [7, 11) is 0. The molecule has 25 heavy (non-hydrogen) atoms. The molecule has 0 saturated heterocycles. The molecule has 1 aromatic heterocycles. The van der Waals surface area contributed by atoms with Crippen molar-refractivity contribution in [3.05, 3.63) is 72.1 Å². The Morgan fingerprint density at radius 1 is 1.24 bits per heavy atom. The molecule has 1 heteroatoms. The van der Waals surface area contributed by atoms with E-state index in [1.54, 1.807) is 0 Å². The van der Waals surface area contributed by atoms with E-state index in [1.165, 1.54) is 28.3 Å². The Morgan fingerprint density at radius 3 is 2.72 bits per heavy atom. The summed E-state index contributed by atoms with van der Waals surface area (Å²) in [5.74, 6) is 1.30. The smallest absolute Gasteiger partial charge is 0.0673 e. The second kappa shape index (κ2) is 6.29. The van der Waals surface area contributed by atoms with Gasteiger partial charge < -0.3 is 0 Å². The Balaban J connectivity index is 1.81. The summed E-state index contributed by atoms with van der Waals surface area (Å²) in [6.07, 6.45) is 15.1. The second-order valence-corrected chi connectivity index (χ2v) is 7.73. The van der Waals surface area contributed by atoms with Crippen LogP contribution in [-0.2, 0) is 0 Å². The van der Waals surface area contributed by atoms with Gasteiger partial charge in [-0.15, -0.1) is 0 Å². The van der Waals surface area contributed by atoms with Crippen molar-refractivity contribution in [1.82, 2.24) is 4.98 Å². The third kappa shape index (κ3) is 2.76. The number of benzene rings is 1. The van der Waals surface area contributed by atoms with Crippen LogP contribution in [0.2, 0.25) is 0 Å². The minimum atomic E-state index is 0.324. The summed E-state index contributed by atoms with van der Waals surface area (Å²) in [6, 6.07) is 10.8. The minimum absolute atomic E-state index is 0.324. The lowest BCUT2D eigenvalue weighted by Gasteiger charge is -2.31. The van der Waals surface area contributed by atoms with Gasteiger partial charge in [0.1, 0.15) is 0 Å². The molecule has 128 valence electrons. The van der Waals surface area contributed by atoms with Crippen molar-refractivity contribution in [2.45, 2.75) is 40.0 Å². The molecule has 0 bridgehead atoms. The van der Waals surface area contributed by atoms with Gasteiger partial charge in [0.2, 0.25) is 0 Å². The molecule has 2 aromatic rings. The fourth-order valence-electron chi connectivity index (χ4n) is 4.61. The van der Waals surface area contributed by atoms with Crippen LogP contribution in [0.15, 0.2) is 66.4 Å². The molecule has 2 aliphatic rings. The van der Waals surface area contributed by atoms with Crippen LogP contribution in [0.5, 0.6) is 0 Å². The molecule has 4 rings (SSSR count). The Labute approximate surface area is 151 Å². The van der Waals surface area contributed by atoms with Crippen molar-refractivity contribution >= 4 is 16.3 Å². The van der Waals surface area contributed by atoms with Gasteiger partial charge in [0.05, 0.1) is 5.69 Å². The predicted octanol–water partition coefficient (Wildman–Crippen LogP) is 6.58. The molecule has 0 aliphatic heterocycles. The van der Waals surface area contributed by atoms with Crippen LogP contribution in [-0.4, -0.2) is 4.98 Å². The number of allylic oxidation sites excluding steroid dienone is 6. The van der Waals surface area contributed by atoms with Crippen LogP contribution in [0.4, 0.5) is 0 Å². The molecule has 1 heterocycles. The van der Waals surface area contributed by atoms with Crippen molar-refractivity contribution < 1.29 is 0 Å². The average Bonchev–Trinajstić information content (AvgIpc) is 3.30. The highest BCUT2D eigenvalue weighted by atomic mass is 14.7. The van der Waals surface area contributed by atoms with Gasteiger partial charge in [-0.25, -0.2) is 0 Å². The highest BCUT2D eigenvalue weighted by molar-refractivity contribution is 5.85. The SMILES string of the molecule is CCC=CC1(C2CC=CC(C)=C2c2cc3ccccc3cn2)CC1C. The molecule has 3 atom stereocenters. The van der Waals surface area contributed by atoms with Crippen molar-refractivity contribution in [2.75, 3.05) is 0 Å². The van der Waals surface area contributed by atoms with Crippen LogP contribution in [0.3, 0.4) is 0 Å². The lowest BCUT2D eigenvalue weighted by molar-refractivity contribution is 0.435. The Morgan fingerprint density at radius 2 is 2.00 bits per heavy atom. The lowest BCUT2D eigenvalue weighted by atomic mass is 9.73. The maximum absolute atomic E-state index is 4.86. The Bertz CT molecular complexity index is 886. The molecule has 0 N–H and O–H groups in total. The first-order valence-corrected chi connectivity index (χ1v) is 9.56. The molecule has 1 aromatic carbocycles. The molecule has 1 saturated carbocycles. The van der Waals surface area contributed by atoms with Gasteiger partial charge >= 0.3 is 0 Å². The van der Waals surface area contributed by atoms with Crippen LogP contribution >= 0.6 is 0 Å². The Kier molecular flexibility index (Phi) is 4.11. The standard InChI is InChI=1S/C24H27N/c1-4-5-13-24(15-18(24)3)21-12-8-9-17(2)23(21)22-14-19-10-6-7-11-20(19)16-25-22/h5-11,13-14,16,18,21H,4,12,15H2,1-3H3. The van der Waals surface area contributed by atoms with Crippen LogP contribution < -0.4 is 0 Å². The third-order valence-corrected chi connectivity index (χ3v) is 6.15. The first kappa shape index (κ1) is 16.3. The zero-order valence-electron chi connectivity index (χ0n) is 15.5. The van der Waals surface area contributed by atoms with E-state index in [-0.39, 0.29) is 0 Å². The van der Waals surface area contributed by atoms with Gasteiger partial charge in [0.25, 0.3) is 0 Å². The predicted molar refractivity (Wildman–Crippen MR) is 107 cm³/mol. The molecule has 0 spiro atoms. The fourth-order valence-corrected chi connectivity index (χ4v) is 4.61. The highest BCUT2D eigenvalue weighted by Crippen LogP contribution is 2.63. The van der Waals surface area contributed by atoms with E-state index in [9.17, 15) is 0 Å². The highest BCUT2D eigenvalue weighted by Gasteiger charge is 2.55. The molecule has 1 nitrogen and oxygen atoms in total. The van der Waals surface area contributed by atoms with E-state index in [2.05, 4.69) is 75.4 Å². The number of fused-ring (bicyclic) bond motifs is 1. The number of rotatable bonds is 4. The number of hydrogen-bond acceptors (Lipinski definition) is 1. The summed E-state index contributed by atoms with van der Waals surface area (Å²) in [6.45, 7) is 6.88.